The molecule has 0 fully saturated rings. The fourth-order valence-electron chi connectivity index (χ4n) is 1.97. The van der Waals surface area contributed by atoms with Gasteiger partial charge in [0.2, 0.25) is 5.88 Å². The molecule has 0 aliphatic rings. The lowest BCUT2D eigenvalue weighted by Gasteiger charge is -2.21. The third kappa shape index (κ3) is 5.34. The molecule has 0 amide bonds. The molecule has 0 N–H and O–H groups in total. The van der Waals surface area contributed by atoms with Crippen molar-refractivity contribution in [3.63, 3.8) is 0 Å². The molecule has 0 unspecified atom stereocenters. The van der Waals surface area contributed by atoms with Crippen molar-refractivity contribution in [2.45, 2.75) is 45.3 Å². The predicted molar refractivity (Wildman–Crippen MR) is 93.5 cm³/mol. The zero-order chi connectivity index (χ0) is 21.1. The van der Waals surface area contributed by atoms with Crippen molar-refractivity contribution in [3.8, 4) is 11.6 Å². The smallest absolute Gasteiger partial charge is 0.340 e. The van der Waals surface area contributed by atoms with Gasteiger partial charge in [-0.25, -0.2) is 18.4 Å². The highest BCUT2D eigenvalue weighted by Gasteiger charge is 2.41. The Hall–Kier alpha value is -2.36. The predicted octanol–water partition coefficient (Wildman–Crippen LogP) is 3.90. The van der Waals surface area contributed by atoms with Crippen LogP contribution in [-0.4, -0.2) is 33.7 Å². The number of hydrogen-bond donors (Lipinski definition) is 0. The molecule has 0 saturated heterocycles. The van der Waals surface area contributed by atoms with Gasteiger partial charge in [-0.05, 0) is 26.8 Å². The summed E-state index contributed by atoms with van der Waals surface area (Å²) in [6.07, 6.45) is -1.26. The molecule has 154 valence electrons. The number of pyridine rings is 1. The number of rotatable bonds is 7. The number of halogens is 5. The lowest BCUT2D eigenvalue weighted by molar-refractivity contribution is -0.148. The molecule has 11 heteroatoms. The molecule has 0 aliphatic heterocycles. The summed E-state index contributed by atoms with van der Waals surface area (Å²) in [4.78, 5) is 16.0. The Morgan fingerprint density at radius 3 is 2.39 bits per heavy atom. The fourth-order valence-corrected chi connectivity index (χ4v) is 2.16. The van der Waals surface area contributed by atoms with Gasteiger partial charge in [-0.1, -0.05) is 11.6 Å². The highest BCUT2D eigenvalue weighted by Crippen LogP contribution is 2.24. The van der Waals surface area contributed by atoms with E-state index in [4.69, 9.17) is 16.3 Å². The van der Waals surface area contributed by atoms with Gasteiger partial charge in [0, 0.05) is 17.8 Å². The van der Waals surface area contributed by atoms with Gasteiger partial charge in [0.1, 0.15) is 6.61 Å². The first-order valence-corrected chi connectivity index (χ1v) is 8.44. The Labute approximate surface area is 163 Å². The molecule has 28 heavy (non-hydrogen) atoms. The third-order valence-corrected chi connectivity index (χ3v) is 3.79. The Morgan fingerprint density at radius 1 is 1.18 bits per heavy atom. The van der Waals surface area contributed by atoms with Crippen LogP contribution in [0.5, 0.6) is 11.6 Å². The van der Waals surface area contributed by atoms with Crippen LogP contribution in [0.25, 0.3) is 0 Å². The summed E-state index contributed by atoms with van der Waals surface area (Å²) in [5.41, 5.74) is -0.558. The van der Waals surface area contributed by atoms with Gasteiger partial charge in [-0.15, -0.1) is 0 Å². The molecule has 0 saturated carbocycles. The van der Waals surface area contributed by atoms with Crippen LogP contribution >= 0.6 is 11.6 Å². The van der Waals surface area contributed by atoms with Crippen LogP contribution in [0.3, 0.4) is 0 Å². The van der Waals surface area contributed by atoms with E-state index in [9.17, 15) is 22.4 Å². The Kier molecular flexibility index (Phi) is 6.53. The minimum absolute atomic E-state index is 0.0408. The second-order valence-electron chi connectivity index (χ2n) is 6.85. The van der Waals surface area contributed by atoms with Gasteiger partial charge in [0.05, 0.1) is 11.7 Å². The van der Waals surface area contributed by atoms with Gasteiger partial charge in [-0.2, -0.15) is 13.9 Å². The Balaban J connectivity index is 2.01. The first kappa shape index (κ1) is 21.9. The van der Waals surface area contributed by atoms with Crippen molar-refractivity contribution in [3.05, 3.63) is 45.5 Å². The van der Waals surface area contributed by atoms with Gasteiger partial charge in [-0.3, -0.25) is 4.79 Å². The minimum atomic E-state index is -4.26. The van der Waals surface area contributed by atoms with Crippen LogP contribution in [0.4, 0.5) is 17.6 Å². The minimum Gasteiger partial charge on any atom is -0.485 e. The second kappa shape index (κ2) is 8.34. The van der Waals surface area contributed by atoms with Crippen LogP contribution in [0.2, 0.25) is 5.02 Å². The summed E-state index contributed by atoms with van der Waals surface area (Å²) < 4.78 is 61.1. The molecule has 0 spiro atoms. The molecule has 0 atom stereocenters. The molecule has 0 aliphatic carbocycles. The van der Waals surface area contributed by atoms with Crippen LogP contribution < -0.4 is 15.0 Å². The molecular formula is C17H18ClF4N3O3. The summed E-state index contributed by atoms with van der Waals surface area (Å²) >= 11 is 6.04. The van der Waals surface area contributed by atoms with Crippen molar-refractivity contribution in [2.75, 3.05) is 6.61 Å². The molecule has 0 bridgehead atoms. The first-order chi connectivity index (χ1) is 12.9. The number of nitrogens with zero attached hydrogens (tertiary/aromatic N) is 3. The first-order valence-electron chi connectivity index (χ1n) is 8.06. The summed E-state index contributed by atoms with van der Waals surface area (Å²) in [6, 6.07) is 2.68. The maximum Gasteiger partial charge on any atom is 0.340 e. The molecule has 0 aromatic carbocycles. The summed E-state index contributed by atoms with van der Waals surface area (Å²) in [6.45, 7) is 3.86. The topological polar surface area (TPSA) is 66.2 Å². The average molecular weight is 424 g/mol. The number of alkyl halides is 4. The maximum absolute atomic E-state index is 12.8. The SMILES string of the molecule is CC(C)(C)n1ncc(OCc2ccc(OCC(F)(F)C(F)F)nc2)c(Cl)c1=O. The van der Waals surface area contributed by atoms with Crippen molar-refractivity contribution in [1.29, 1.82) is 0 Å². The van der Waals surface area contributed by atoms with E-state index in [0.717, 1.165) is 0 Å². The largest absolute Gasteiger partial charge is 0.485 e. The van der Waals surface area contributed by atoms with Crippen LogP contribution in [0.1, 0.15) is 26.3 Å². The van der Waals surface area contributed by atoms with Crippen molar-refractivity contribution in [2.24, 2.45) is 0 Å². The van der Waals surface area contributed by atoms with Crippen LogP contribution in [0.15, 0.2) is 29.3 Å². The van der Waals surface area contributed by atoms with Crippen molar-refractivity contribution in [1.82, 2.24) is 14.8 Å². The number of ether oxygens (including phenoxy) is 2. The summed E-state index contributed by atoms with van der Waals surface area (Å²) in [5, 5.41) is 3.89. The molecule has 2 aromatic heterocycles. The number of hydrogen-bond acceptors (Lipinski definition) is 5. The zero-order valence-corrected chi connectivity index (χ0v) is 16.0. The van der Waals surface area contributed by atoms with E-state index in [-0.39, 0.29) is 23.3 Å². The maximum atomic E-state index is 12.8. The Bertz CT molecular complexity index is 867. The highest BCUT2D eigenvalue weighted by molar-refractivity contribution is 6.31. The number of aromatic nitrogens is 3. The lowest BCUT2D eigenvalue weighted by Crippen LogP contribution is -2.36. The van der Waals surface area contributed by atoms with Gasteiger partial charge in [0.15, 0.2) is 17.4 Å². The third-order valence-electron chi connectivity index (χ3n) is 3.45. The van der Waals surface area contributed by atoms with E-state index in [1.807, 2.05) is 0 Å². The fraction of sp³-hybridized carbons (Fsp3) is 0.471. The molecular weight excluding hydrogens is 406 g/mol. The van der Waals surface area contributed by atoms with Crippen molar-refractivity contribution >= 4 is 11.6 Å². The van der Waals surface area contributed by atoms with Gasteiger partial charge >= 0.3 is 12.3 Å². The zero-order valence-electron chi connectivity index (χ0n) is 15.3. The van der Waals surface area contributed by atoms with E-state index < -0.39 is 30.1 Å². The van der Waals surface area contributed by atoms with Crippen LogP contribution in [-0.2, 0) is 12.1 Å². The van der Waals surface area contributed by atoms with E-state index >= 15 is 0 Å². The molecule has 2 heterocycles. The standard InChI is InChI=1S/C17H18ClF4N3O3/c1-16(2,3)25-14(26)13(18)11(7-24-25)27-8-10-4-5-12(23-6-10)28-9-17(21,22)15(19)20/h4-7,15H,8-9H2,1-3H3. The highest BCUT2D eigenvalue weighted by atomic mass is 35.5. The quantitative estimate of drug-likeness (QED) is 0.632. The van der Waals surface area contributed by atoms with Crippen LogP contribution in [0, 0.1) is 0 Å². The lowest BCUT2D eigenvalue weighted by atomic mass is 10.1. The monoisotopic (exact) mass is 423 g/mol. The molecule has 2 aromatic rings. The molecule has 2 rings (SSSR count). The summed E-state index contributed by atoms with van der Waals surface area (Å²) in [5.74, 6) is -4.43. The van der Waals surface area contributed by atoms with Gasteiger partial charge < -0.3 is 9.47 Å². The second-order valence-corrected chi connectivity index (χ2v) is 7.23. The Morgan fingerprint density at radius 2 is 1.86 bits per heavy atom. The normalized spacial score (nSPS) is 12.3. The van der Waals surface area contributed by atoms with E-state index in [2.05, 4.69) is 14.8 Å². The van der Waals surface area contributed by atoms with E-state index in [1.54, 1.807) is 20.8 Å². The average Bonchev–Trinajstić information content (AvgIpc) is 2.61. The van der Waals surface area contributed by atoms with E-state index in [1.165, 1.54) is 29.2 Å². The molecule has 0 radical (unpaired) electrons. The summed E-state index contributed by atoms with van der Waals surface area (Å²) in [7, 11) is 0. The van der Waals surface area contributed by atoms with Gasteiger partial charge in [0.25, 0.3) is 5.56 Å². The van der Waals surface area contributed by atoms with E-state index in [0.29, 0.717) is 5.56 Å². The molecule has 6 nitrogen and oxygen atoms in total. The van der Waals surface area contributed by atoms with Crippen molar-refractivity contribution < 1.29 is 27.0 Å².